The average Bonchev–Trinajstić information content (AvgIpc) is 1.54. The van der Waals surface area contributed by atoms with Crippen LogP contribution in [0.2, 0.25) is 0 Å². The van der Waals surface area contributed by atoms with Crippen LogP contribution < -0.4 is 45.0 Å². The smallest absolute Gasteiger partial charge is 0.0431 e. The van der Waals surface area contributed by atoms with Crippen LogP contribution in [0.5, 0.6) is 0 Å². The van der Waals surface area contributed by atoms with Gasteiger partial charge in [-0.25, -0.2) is 0 Å². The maximum atomic E-state index is 9.53. The molecule has 9 heteroatoms. The van der Waals surface area contributed by atoms with Crippen molar-refractivity contribution in [2.75, 3.05) is 0 Å². The minimum Gasteiger partial charge on any atom is -0.852 e. The molecule has 0 aliphatic carbocycles. The minimum absolute atomic E-state index is 0. The van der Waals surface area contributed by atoms with Crippen LogP contribution in [-0.2, 0) is 0 Å². The molecule has 0 saturated carbocycles. The second-order valence-electron chi connectivity index (χ2n) is 2.35. The molecule has 0 fully saturated rings. The summed E-state index contributed by atoms with van der Waals surface area (Å²) in [5.74, 6) is 0. The number of carbonyl (C=O) groups is 1. The Kier molecular flexibility index (Phi) is 106. The molecule has 0 aromatic heterocycles. The monoisotopic (exact) mass is 250 g/mol. The SMILES string of the molecule is CC(C)[O-].CC(C)[O-].O=C([O-])[O-].[NH4+].[NH4+].[NH4+].[NH4+]. The molecule has 16 heavy (non-hydrogen) atoms. The van der Waals surface area contributed by atoms with Crippen LogP contribution in [0.1, 0.15) is 27.7 Å². The zero-order valence-electron chi connectivity index (χ0n) is 11.7. The van der Waals surface area contributed by atoms with Crippen molar-refractivity contribution in [1.29, 1.82) is 0 Å². The Morgan fingerprint density at radius 2 is 0.750 bits per heavy atom. The fraction of sp³-hybridized carbons (Fsp3) is 0.857. The summed E-state index contributed by atoms with van der Waals surface area (Å²) in [6.45, 7) is 6.44. The summed E-state index contributed by atoms with van der Waals surface area (Å²) in [7, 11) is 0. The molecule has 0 heterocycles. The second kappa shape index (κ2) is 36.9. The van der Waals surface area contributed by atoms with E-state index in [1.807, 2.05) is 0 Å². The molecule has 0 aliphatic rings. The van der Waals surface area contributed by atoms with Gasteiger partial charge in [-0.2, -0.15) is 0 Å². The summed E-state index contributed by atoms with van der Waals surface area (Å²) in [4.78, 5) is 8.33. The molecule has 0 atom stereocenters. The fourth-order valence-corrected chi connectivity index (χ4v) is 0. The lowest BCUT2D eigenvalue weighted by molar-refractivity contribution is -0.415. The van der Waals surface area contributed by atoms with Crippen molar-refractivity contribution in [2.45, 2.75) is 39.9 Å². The summed E-state index contributed by atoms with van der Waals surface area (Å²) in [6.07, 6.45) is -3.17. The third kappa shape index (κ3) is 2000. The first-order valence-corrected chi connectivity index (χ1v) is 3.39. The Bertz CT molecular complexity index is 87.3. The van der Waals surface area contributed by atoms with E-state index >= 15 is 0 Å². The summed E-state index contributed by atoms with van der Waals surface area (Å²) in [5, 5.41) is 35.7. The predicted molar refractivity (Wildman–Crippen MR) is 59.6 cm³/mol. The van der Waals surface area contributed by atoms with Crippen LogP contribution in [0.25, 0.3) is 0 Å². The van der Waals surface area contributed by atoms with Gasteiger partial charge in [0.05, 0.1) is 0 Å². The molecular weight excluding hydrogens is 220 g/mol. The minimum atomic E-state index is -2.33. The molecule has 108 valence electrons. The fourth-order valence-electron chi connectivity index (χ4n) is 0. The highest BCUT2D eigenvalue weighted by Gasteiger charge is 1.53. The summed E-state index contributed by atoms with van der Waals surface area (Å²) in [5.41, 5.74) is 0. The number of carboxylic acid groups (broad SMARTS) is 2. The van der Waals surface area contributed by atoms with E-state index in [1.54, 1.807) is 27.7 Å². The van der Waals surface area contributed by atoms with Crippen molar-refractivity contribution in [3.05, 3.63) is 0 Å². The van der Waals surface area contributed by atoms with Crippen molar-refractivity contribution in [3.8, 4) is 0 Å². The van der Waals surface area contributed by atoms with Crippen molar-refractivity contribution in [1.82, 2.24) is 24.6 Å². The molecule has 0 bridgehead atoms. The summed E-state index contributed by atoms with van der Waals surface area (Å²) < 4.78 is 0. The lowest BCUT2D eigenvalue weighted by atomic mass is 10.5. The van der Waals surface area contributed by atoms with E-state index in [-0.39, 0.29) is 24.6 Å². The molecule has 0 aliphatic heterocycles. The highest BCUT2D eigenvalue weighted by atomic mass is 16.6. The Morgan fingerprint density at radius 3 is 0.750 bits per heavy atom. The van der Waals surface area contributed by atoms with Gasteiger partial charge in [0, 0.05) is 0 Å². The van der Waals surface area contributed by atoms with E-state index < -0.39 is 18.4 Å². The average molecular weight is 250 g/mol. The van der Waals surface area contributed by atoms with E-state index in [4.69, 9.17) is 15.0 Å². The van der Waals surface area contributed by atoms with Gasteiger partial charge in [0.2, 0.25) is 0 Å². The van der Waals surface area contributed by atoms with Crippen LogP contribution in [-0.4, -0.2) is 18.4 Å². The van der Waals surface area contributed by atoms with Crippen molar-refractivity contribution < 1.29 is 25.2 Å². The Balaban J connectivity index is -0.0000000135. The van der Waals surface area contributed by atoms with Gasteiger partial charge in [-0.15, -0.1) is 12.2 Å². The highest BCUT2D eigenvalue weighted by Crippen LogP contribution is 1.57. The van der Waals surface area contributed by atoms with E-state index in [0.717, 1.165) is 0 Å². The molecule has 9 nitrogen and oxygen atoms in total. The maximum Gasteiger partial charge on any atom is -0.0431 e. The number of hydrogen-bond donors (Lipinski definition) is 4. The maximum absolute atomic E-state index is 9.53. The number of hydrogen-bond acceptors (Lipinski definition) is 5. The third-order valence-corrected chi connectivity index (χ3v) is 0. The largest absolute Gasteiger partial charge is 0.852 e. The molecule has 0 rings (SSSR count). The van der Waals surface area contributed by atoms with Gasteiger partial charge in [-0.05, 0) is 6.16 Å². The zero-order chi connectivity index (χ0) is 10.7. The summed E-state index contributed by atoms with van der Waals surface area (Å²) >= 11 is 0. The lowest BCUT2D eigenvalue weighted by Crippen LogP contribution is -2.37. The highest BCUT2D eigenvalue weighted by molar-refractivity contribution is 5.47. The van der Waals surface area contributed by atoms with Gasteiger partial charge < -0.3 is 49.8 Å². The normalized spacial score (nSPS) is 6.00. The van der Waals surface area contributed by atoms with Crippen molar-refractivity contribution in [2.24, 2.45) is 0 Å². The molecular formula is C7H30N4O5. The van der Waals surface area contributed by atoms with Gasteiger partial charge in [-0.1, -0.05) is 27.7 Å². The van der Waals surface area contributed by atoms with E-state index in [1.165, 1.54) is 0 Å². The molecule has 0 saturated heterocycles. The van der Waals surface area contributed by atoms with Gasteiger partial charge >= 0.3 is 0 Å². The molecule has 16 N–H and O–H groups in total. The quantitative estimate of drug-likeness (QED) is 0.401. The van der Waals surface area contributed by atoms with Crippen LogP contribution >= 0.6 is 0 Å². The van der Waals surface area contributed by atoms with E-state index in [0.29, 0.717) is 0 Å². The van der Waals surface area contributed by atoms with Gasteiger partial charge in [-0.3, -0.25) is 0 Å². The topological polar surface area (TPSA) is 255 Å². The van der Waals surface area contributed by atoms with E-state index in [9.17, 15) is 10.2 Å². The number of quaternary nitrogens is 4. The van der Waals surface area contributed by atoms with Crippen LogP contribution in [0.4, 0.5) is 4.79 Å². The predicted octanol–water partition coefficient (Wildman–Crippen LogP) is -1.43. The first-order chi connectivity index (χ1) is 5.20. The van der Waals surface area contributed by atoms with Crippen molar-refractivity contribution in [3.63, 3.8) is 0 Å². The lowest BCUT2D eigenvalue weighted by Gasteiger charge is -2.02. The van der Waals surface area contributed by atoms with Gasteiger partial charge in [0.1, 0.15) is 0 Å². The first kappa shape index (κ1) is 45.9. The first-order valence-electron chi connectivity index (χ1n) is 3.39. The Morgan fingerprint density at radius 1 is 0.750 bits per heavy atom. The molecule has 0 aromatic rings. The summed E-state index contributed by atoms with van der Waals surface area (Å²) in [6, 6.07) is 0. The van der Waals surface area contributed by atoms with Crippen LogP contribution in [0, 0.1) is 0 Å². The molecule has 0 radical (unpaired) electrons. The molecule has 0 unspecified atom stereocenters. The molecule has 0 aromatic carbocycles. The Labute approximate surface area is 96.8 Å². The van der Waals surface area contributed by atoms with Gasteiger partial charge in [0.15, 0.2) is 0 Å². The van der Waals surface area contributed by atoms with Crippen molar-refractivity contribution >= 4 is 6.16 Å². The standard InChI is InChI=1S/2C3H7O.CH2O3.4H3N/c2*1-3(2)4;2-1(3)4;;;;/h2*3H,1-2H3;(H2,2,3,4);4*1H3/q2*-1;;;;;/p+2. The van der Waals surface area contributed by atoms with Gasteiger partial charge in [0.25, 0.3) is 0 Å². The second-order valence-corrected chi connectivity index (χ2v) is 2.35. The molecule has 0 spiro atoms. The number of carbonyl (C=O) groups excluding carboxylic acids is 1. The molecule has 0 amide bonds. The third-order valence-electron chi connectivity index (χ3n) is 0. The van der Waals surface area contributed by atoms with E-state index in [2.05, 4.69) is 0 Å². The zero-order valence-corrected chi connectivity index (χ0v) is 11.7. The van der Waals surface area contributed by atoms with Crippen LogP contribution in [0.15, 0.2) is 0 Å². The van der Waals surface area contributed by atoms with Crippen LogP contribution in [0.3, 0.4) is 0 Å². The number of rotatable bonds is 0. The Hall–Kier alpha value is -0.970.